The average Bonchev–Trinajstić information content (AvgIpc) is 3.02. The van der Waals surface area contributed by atoms with E-state index in [1.807, 2.05) is 42.5 Å². The summed E-state index contributed by atoms with van der Waals surface area (Å²) in [6.07, 6.45) is -0.523. The van der Waals surface area contributed by atoms with Gasteiger partial charge in [-0.3, -0.25) is 14.4 Å². The van der Waals surface area contributed by atoms with Crippen molar-refractivity contribution in [1.29, 1.82) is 0 Å². The summed E-state index contributed by atoms with van der Waals surface area (Å²) < 4.78 is 5.70. The maximum Gasteiger partial charge on any atom is 0.230 e. The second-order valence-corrected chi connectivity index (χ2v) is 12.7. The number of ketones is 2. The topological polar surface area (TPSA) is 179 Å². The Bertz CT molecular complexity index is 1770. The van der Waals surface area contributed by atoms with Crippen LogP contribution in [-0.2, 0) is 33.8 Å². The Morgan fingerprint density at radius 3 is 2.46 bits per heavy atom. The van der Waals surface area contributed by atoms with Gasteiger partial charge in [0, 0.05) is 28.6 Å². The van der Waals surface area contributed by atoms with Crippen LogP contribution in [-0.4, -0.2) is 63.3 Å². The number of hydrogen-bond donors (Lipinski definition) is 6. The van der Waals surface area contributed by atoms with Gasteiger partial charge in [-0.25, -0.2) is 0 Å². The molecular formula is C35H35ClN2O8. The first kappa shape index (κ1) is 31.7. The van der Waals surface area contributed by atoms with E-state index < -0.39 is 52.7 Å². The number of primary amides is 1. The molecule has 2 fully saturated rings. The number of halogens is 1. The molecule has 3 aliphatic carbocycles. The number of methoxy groups -OCH3 is 1. The molecule has 3 aliphatic rings. The van der Waals surface area contributed by atoms with Crippen molar-refractivity contribution in [3.8, 4) is 22.6 Å². The fourth-order valence-corrected chi connectivity index (χ4v) is 7.50. The number of aliphatic hydroxyl groups is 3. The lowest BCUT2D eigenvalue weighted by Crippen LogP contribution is -2.66. The molecule has 0 heterocycles. The van der Waals surface area contributed by atoms with Gasteiger partial charge in [-0.2, -0.15) is 0 Å². The first-order valence-corrected chi connectivity index (χ1v) is 15.5. The molecule has 0 saturated heterocycles. The first-order valence-electron chi connectivity index (χ1n) is 15.1. The van der Waals surface area contributed by atoms with Crippen molar-refractivity contribution in [2.75, 3.05) is 13.7 Å². The fraction of sp³-hybridized carbons (Fsp3) is 0.343. The summed E-state index contributed by atoms with van der Waals surface area (Å²) in [7, 11) is 1.55. The maximum absolute atomic E-state index is 13.8. The molecule has 3 aromatic carbocycles. The number of hydrogen-bond acceptors (Lipinski definition) is 9. The highest BCUT2D eigenvalue weighted by Crippen LogP contribution is 2.53. The molecule has 3 aromatic rings. The van der Waals surface area contributed by atoms with Gasteiger partial charge in [0.25, 0.3) is 0 Å². The van der Waals surface area contributed by atoms with Crippen molar-refractivity contribution in [3.63, 3.8) is 0 Å². The molecule has 7 N–H and O–H groups in total. The average molecular weight is 647 g/mol. The van der Waals surface area contributed by atoms with E-state index in [1.54, 1.807) is 13.2 Å². The number of nitrogens with two attached hydrogens (primary N) is 1. The second kappa shape index (κ2) is 12.2. The molecule has 2 unspecified atom stereocenters. The van der Waals surface area contributed by atoms with E-state index in [4.69, 9.17) is 22.1 Å². The van der Waals surface area contributed by atoms with Crippen LogP contribution >= 0.6 is 11.6 Å². The molecule has 0 radical (unpaired) electrons. The number of benzene rings is 3. The molecule has 0 spiro atoms. The molecule has 5 atom stereocenters. The number of phenols is 1. The van der Waals surface area contributed by atoms with E-state index in [9.17, 15) is 34.8 Å². The molecule has 0 aromatic heterocycles. The number of nitrogens with one attached hydrogen (secondary N) is 1. The van der Waals surface area contributed by atoms with Gasteiger partial charge in [-0.1, -0.05) is 35.9 Å². The van der Waals surface area contributed by atoms with E-state index in [1.165, 1.54) is 6.07 Å². The Morgan fingerprint density at radius 1 is 1.04 bits per heavy atom. The minimum absolute atomic E-state index is 0.0300. The van der Waals surface area contributed by atoms with Crippen LogP contribution in [0.5, 0.6) is 11.5 Å². The molecule has 6 rings (SSSR count). The summed E-state index contributed by atoms with van der Waals surface area (Å²) in [5.74, 6) is -6.93. The molecule has 0 aliphatic heterocycles. The molecule has 240 valence electrons. The van der Waals surface area contributed by atoms with Crippen LogP contribution in [0.25, 0.3) is 16.9 Å². The van der Waals surface area contributed by atoms with E-state index >= 15 is 0 Å². The van der Waals surface area contributed by atoms with Gasteiger partial charge in [-0.15, -0.1) is 0 Å². The van der Waals surface area contributed by atoms with Gasteiger partial charge < -0.3 is 36.2 Å². The highest BCUT2D eigenvalue weighted by Gasteiger charge is 2.64. The third kappa shape index (κ3) is 5.25. The first-order chi connectivity index (χ1) is 21.9. The van der Waals surface area contributed by atoms with Crippen molar-refractivity contribution in [3.05, 3.63) is 87.4 Å². The lowest BCUT2D eigenvalue weighted by atomic mass is 9.56. The zero-order chi connectivity index (χ0) is 32.9. The summed E-state index contributed by atoms with van der Waals surface area (Å²) in [5, 5.41) is 48.6. The number of carbonyl (C=O) groups excluding carboxylic acids is 3. The van der Waals surface area contributed by atoms with Gasteiger partial charge in [-0.05, 0) is 90.7 Å². The number of aliphatic hydroxyl groups excluding tert-OH is 2. The summed E-state index contributed by atoms with van der Waals surface area (Å²) in [4.78, 5) is 39.0. The summed E-state index contributed by atoms with van der Waals surface area (Å²) in [6, 6.07) is 16.6. The third-order valence-electron chi connectivity index (χ3n) is 9.65. The Hall–Kier alpha value is -4.22. The normalized spacial score (nSPS) is 25.5. The molecule has 11 heteroatoms. The minimum Gasteiger partial charge on any atom is -0.507 e. The van der Waals surface area contributed by atoms with Crippen LogP contribution in [0, 0.1) is 17.8 Å². The molecule has 0 bridgehead atoms. The van der Waals surface area contributed by atoms with E-state index in [0.717, 1.165) is 29.7 Å². The van der Waals surface area contributed by atoms with E-state index in [-0.39, 0.29) is 36.1 Å². The smallest absolute Gasteiger partial charge is 0.230 e. The molecular weight excluding hydrogens is 612 g/mol. The quantitative estimate of drug-likeness (QED) is 0.158. The van der Waals surface area contributed by atoms with Crippen LogP contribution < -0.4 is 15.8 Å². The Morgan fingerprint density at radius 2 is 1.76 bits per heavy atom. The van der Waals surface area contributed by atoms with Crippen LogP contribution in [0.3, 0.4) is 0 Å². The Kier molecular flexibility index (Phi) is 8.41. The Balaban J connectivity index is 1.34. The van der Waals surface area contributed by atoms with Crippen molar-refractivity contribution >= 4 is 34.8 Å². The highest BCUT2D eigenvalue weighted by molar-refractivity contribution is 6.30. The zero-order valence-corrected chi connectivity index (χ0v) is 25.9. The highest BCUT2D eigenvalue weighted by atomic mass is 35.5. The summed E-state index contributed by atoms with van der Waals surface area (Å²) in [5.41, 5.74) is 6.67. The number of ether oxygens (including phenoxy) is 1. The lowest BCUT2D eigenvalue weighted by Gasteiger charge is -2.48. The molecule has 46 heavy (non-hydrogen) atoms. The van der Waals surface area contributed by atoms with Crippen molar-refractivity contribution < 1.29 is 39.5 Å². The van der Waals surface area contributed by atoms with Gasteiger partial charge in [0.2, 0.25) is 11.7 Å². The van der Waals surface area contributed by atoms with Crippen LogP contribution in [0.1, 0.15) is 35.1 Å². The number of rotatable bonds is 8. The third-order valence-corrected chi connectivity index (χ3v) is 9.91. The fourth-order valence-electron chi connectivity index (χ4n) is 7.37. The lowest BCUT2D eigenvalue weighted by molar-refractivity contribution is -0.174. The van der Waals surface area contributed by atoms with Crippen LogP contribution in [0.2, 0.25) is 5.02 Å². The van der Waals surface area contributed by atoms with Gasteiger partial charge in [0.1, 0.15) is 23.2 Å². The van der Waals surface area contributed by atoms with Crippen molar-refractivity contribution in [2.24, 2.45) is 23.5 Å². The molecule has 10 nitrogen and oxygen atoms in total. The minimum atomic E-state index is -2.62. The standard InChI is InChI=1S/C35H35ClN2O8/c1-46-27-9-4-18(16-38-11-10-17-2-5-21(36)6-3-17)12-23(27)22-7-8-25(39)29-24(22)14-19-13-20-15-26(40)30(34(37)44)33(43)35(20,45)32(42)28(19)31(29)41/h2-9,12,19-20,26,30,38-41,45H,10-11,13-16H2,1H3,(H2,37,44)/t19-,20+,26?,30?,35+/m1/s1. The number of amides is 1. The van der Waals surface area contributed by atoms with Crippen LogP contribution in [0.15, 0.2) is 60.2 Å². The SMILES string of the molecule is COc1ccc(CNCCc2ccc(Cl)cc2)cc1-c1ccc(O)c2c1C[C@H]1C[C@H]3CC(O)C(C(N)=O)C(=O)[C@@]3(O)C(=O)C1=C2O. The Labute approximate surface area is 270 Å². The number of aromatic hydroxyl groups is 1. The van der Waals surface area contributed by atoms with Crippen molar-refractivity contribution in [2.45, 2.75) is 43.9 Å². The number of Topliss-reactive ketones (excluding diaryl/α,β-unsaturated/α-hetero) is 2. The molecule has 1 amide bonds. The molecule has 2 saturated carbocycles. The largest absolute Gasteiger partial charge is 0.507 e. The summed E-state index contributed by atoms with van der Waals surface area (Å²) in [6.45, 7) is 1.31. The number of carbonyl (C=O) groups is 3. The predicted octanol–water partition coefficient (Wildman–Crippen LogP) is 3.25. The number of fused-ring (bicyclic) bond motifs is 3. The number of phenolic OH excluding ortho intramolecular Hbond substituents is 1. The van der Waals surface area contributed by atoms with Crippen LogP contribution in [0.4, 0.5) is 0 Å². The maximum atomic E-state index is 13.8. The van der Waals surface area contributed by atoms with Gasteiger partial charge >= 0.3 is 0 Å². The van der Waals surface area contributed by atoms with Gasteiger partial charge in [0.05, 0.1) is 18.8 Å². The van der Waals surface area contributed by atoms with E-state index in [0.29, 0.717) is 28.4 Å². The van der Waals surface area contributed by atoms with Gasteiger partial charge in [0.15, 0.2) is 11.4 Å². The van der Waals surface area contributed by atoms with E-state index in [2.05, 4.69) is 5.32 Å². The second-order valence-electron chi connectivity index (χ2n) is 12.3. The summed E-state index contributed by atoms with van der Waals surface area (Å²) >= 11 is 5.98. The monoisotopic (exact) mass is 646 g/mol. The zero-order valence-electron chi connectivity index (χ0n) is 25.1. The van der Waals surface area contributed by atoms with Crippen molar-refractivity contribution in [1.82, 2.24) is 5.32 Å². The predicted molar refractivity (Wildman–Crippen MR) is 170 cm³/mol.